The Morgan fingerprint density at radius 3 is 2.13 bits per heavy atom. The first-order valence-corrected chi connectivity index (χ1v) is 5.55. The Labute approximate surface area is 93.4 Å². The molecule has 0 amide bonds. The number of nitrogens with zero attached hydrogens (tertiary/aromatic N) is 1. The lowest BCUT2D eigenvalue weighted by atomic mass is 9.63. The van der Waals surface area contributed by atoms with E-state index in [2.05, 4.69) is 51.8 Å². The lowest BCUT2D eigenvalue weighted by molar-refractivity contribution is -0.0692. The fourth-order valence-electron chi connectivity index (χ4n) is 2.17. The van der Waals surface area contributed by atoms with E-state index in [1.54, 1.807) is 0 Å². The molecule has 0 bridgehead atoms. The zero-order valence-electron chi connectivity index (χ0n) is 11.0. The number of hydrogen-bond donors (Lipinski definition) is 0. The number of ether oxygens (including phenoxy) is 1. The van der Waals surface area contributed by atoms with Gasteiger partial charge in [0.25, 0.3) is 0 Å². The Morgan fingerprint density at radius 1 is 1.13 bits per heavy atom. The largest absolute Gasteiger partial charge is 0.475 e. The second-order valence-electron chi connectivity index (χ2n) is 5.52. The molecule has 0 spiro atoms. The summed E-state index contributed by atoms with van der Waals surface area (Å²) in [5.41, 5.74) is -0.424. The van der Waals surface area contributed by atoms with E-state index in [0.717, 1.165) is 5.90 Å². The van der Waals surface area contributed by atoms with E-state index in [-0.39, 0.29) is 16.6 Å². The van der Waals surface area contributed by atoms with Crippen molar-refractivity contribution in [3.8, 4) is 0 Å². The molecule has 2 nitrogen and oxygen atoms in total. The van der Waals surface area contributed by atoms with Gasteiger partial charge in [0, 0.05) is 12.3 Å². The molecular weight excluding hydrogens is 186 g/mol. The second kappa shape index (κ2) is 3.36. The van der Waals surface area contributed by atoms with Gasteiger partial charge in [-0.1, -0.05) is 26.0 Å². The number of hydrogen-bond acceptors (Lipinski definition) is 2. The SMILES string of the molecule is CC=CC1(C)N=C(C)OC(C)(C)C1(C)C. The van der Waals surface area contributed by atoms with Crippen molar-refractivity contribution in [2.75, 3.05) is 0 Å². The zero-order chi connectivity index (χ0) is 11.9. The Hall–Kier alpha value is -0.790. The van der Waals surface area contributed by atoms with Gasteiger partial charge in [0.05, 0.1) is 5.54 Å². The van der Waals surface area contributed by atoms with E-state index in [9.17, 15) is 0 Å². The molecule has 1 aliphatic heterocycles. The van der Waals surface area contributed by atoms with Crippen LogP contribution in [-0.4, -0.2) is 17.0 Å². The van der Waals surface area contributed by atoms with Crippen molar-refractivity contribution in [1.29, 1.82) is 0 Å². The zero-order valence-corrected chi connectivity index (χ0v) is 11.0. The van der Waals surface area contributed by atoms with Crippen LogP contribution in [0.1, 0.15) is 48.5 Å². The Bertz CT molecular complexity index is 312. The van der Waals surface area contributed by atoms with Gasteiger partial charge in [0.15, 0.2) is 5.90 Å². The smallest absolute Gasteiger partial charge is 0.181 e. The molecule has 15 heavy (non-hydrogen) atoms. The minimum atomic E-state index is -0.201. The van der Waals surface area contributed by atoms with Gasteiger partial charge >= 0.3 is 0 Å². The first-order valence-electron chi connectivity index (χ1n) is 5.55. The molecule has 0 saturated heterocycles. The van der Waals surface area contributed by atoms with Gasteiger partial charge in [-0.3, -0.25) is 0 Å². The van der Waals surface area contributed by atoms with E-state index in [0.29, 0.717) is 0 Å². The maximum Gasteiger partial charge on any atom is 0.181 e. The van der Waals surface area contributed by atoms with Gasteiger partial charge in [-0.25, -0.2) is 4.99 Å². The molecule has 1 aliphatic rings. The fourth-order valence-corrected chi connectivity index (χ4v) is 2.17. The third-order valence-electron chi connectivity index (χ3n) is 4.05. The molecule has 1 unspecified atom stereocenters. The van der Waals surface area contributed by atoms with Gasteiger partial charge in [-0.05, 0) is 27.7 Å². The minimum Gasteiger partial charge on any atom is -0.475 e. The van der Waals surface area contributed by atoms with Crippen LogP contribution in [-0.2, 0) is 4.74 Å². The van der Waals surface area contributed by atoms with E-state index in [4.69, 9.17) is 4.74 Å². The molecule has 0 radical (unpaired) electrons. The van der Waals surface area contributed by atoms with E-state index in [1.807, 2.05) is 13.8 Å². The van der Waals surface area contributed by atoms with Crippen LogP contribution in [0.2, 0.25) is 0 Å². The van der Waals surface area contributed by atoms with Crippen LogP contribution in [0.3, 0.4) is 0 Å². The lowest BCUT2D eigenvalue weighted by Crippen LogP contribution is -2.58. The van der Waals surface area contributed by atoms with E-state index in [1.165, 1.54) is 0 Å². The first-order chi connectivity index (χ1) is 6.66. The Kier molecular flexibility index (Phi) is 2.75. The van der Waals surface area contributed by atoms with Gasteiger partial charge in [-0.15, -0.1) is 0 Å². The summed E-state index contributed by atoms with van der Waals surface area (Å²) in [5, 5.41) is 0. The summed E-state index contributed by atoms with van der Waals surface area (Å²) in [6.07, 6.45) is 4.24. The van der Waals surface area contributed by atoms with E-state index >= 15 is 0 Å². The molecule has 2 heteroatoms. The fraction of sp³-hybridized carbons (Fsp3) is 0.769. The average Bonchev–Trinajstić information content (AvgIpc) is 1.99. The summed E-state index contributed by atoms with van der Waals surface area (Å²) >= 11 is 0. The third-order valence-corrected chi connectivity index (χ3v) is 4.05. The Morgan fingerprint density at radius 2 is 1.67 bits per heavy atom. The van der Waals surface area contributed by atoms with Gasteiger partial charge in [0.2, 0.25) is 0 Å². The first kappa shape index (κ1) is 12.3. The number of rotatable bonds is 1. The predicted octanol–water partition coefficient (Wildman–Crippen LogP) is 3.57. The molecule has 86 valence electrons. The molecular formula is C13H23NO. The van der Waals surface area contributed by atoms with Crippen molar-refractivity contribution in [3.05, 3.63) is 12.2 Å². The molecule has 0 fully saturated rings. The van der Waals surface area contributed by atoms with Crippen LogP contribution in [0.4, 0.5) is 0 Å². The molecule has 0 aliphatic carbocycles. The van der Waals surface area contributed by atoms with Crippen molar-refractivity contribution in [1.82, 2.24) is 0 Å². The quantitative estimate of drug-likeness (QED) is 0.605. The molecule has 1 heterocycles. The van der Waals surface area contributed by atoms with Crippen LogP contribution in [0.15, 0.2) is 17.1 Å². The highest BCUT2D eigenvalue weighted by Crippen LogP contribution is 2.48. The van der Waals surface area contributed by atoms with Crippen molar-refractivity contribution in [2.24, 2.45) is 10.4 Å². The monoisotopic (exact) mass is 209 g/mol. The second-order valence-corrected chi connectivity index (χ2v) is 5.52. The van der Waals surface area contributed by atoms with Gasteiger partial charge in [0.1, 0.15) is 5.60 Å². The van der Waals surface area contributed by atoms with Crippen LogP contribution in [0.5, 0.6) is 0 Å². The van der Waals surface area contributed by atoms with Crippen LogP contribution in [0, 0.1) is 5.41 Å². The highest BCUT2D eigenvalue weighted by Gasteiger charge is 2.54. The van der Waals surface area contributed by atoms with Crippen molar-refractivity contribution < 1.29 is 4.74 Å². The molecule has 0 saturated carbocycles. The number of aliphatic imine (C=N–C) groups is 1. The van der Waals surface area contributed by atoms with Crippen molar-refractivity contribution in [2.45, 2.75) is 59.6 Å². The summed E-state index contributed by atoms with van der Waals surface area (Å²) < 4.78 is 5.85. The summed E-state index contributed by atoms with van der Waals surface area (Å²) in [7, 11) is 0. The highest BCUT2D eigenvalue weighted by molar-refractivity contribution is 5.75. The summed E-state index contributed by atoms with van der Waals surface area (Å²) in [4.78, 5) is 4.66. The molecule has 1 rings (SSSR count). The van der Waals surface area contributed by atoms with Crippen LogP contribution < -0.4 is 0 Å². The van der Waals surface area contributed by atoms with Gasteiger partial charge in [-0.2, -0.15) is 0 Å². The molecule has 0 aromatic heterocycles. The third kappa shape index (κ3) is 1.70. The summed E-state index contributed by atoms with van der Waals surface area (Å²) in [5.74, 6) is 0.778. The number of allylic oxidation sites excluding steroid dienone is 1. The molecule has 0 N–H and O–H groups in total. The lowest BCUT2D eigenvalue weighted by Gasteiger charge is -2.53. The van der Waals surface area contributed by atoms with Crippen LogP contribution in [0.25, 0.3) is 0 Å². The standard InChI is InChI=1S/C13H23NO/c1-8-9-13(7)11(3,4)12(5,6)15-10(2)14-13/h8-9H,1-7H3. The van der Waals surface area contributed by atoms with Crippen molar-refractivity contribution >= 4 is 5.90 Å². The molecule has 1 atom stereocenters. The Balaban J connectivity index is 3.32. The normalized spacial score (nSPS) is 33.7. The average molecular weight is 209 g/mol. The molecule has 0 aromatic carbocycles. The summed E-state index contributed by atoms with van der Waals surface area (Å²) in [6, 6.07) is 0. The minimum absolute atomic E-state index is 0.0357. The van der Waals surface area contributed by atoms with Crippen LogP contribution >= 0.6 is 0 Å². The summed E-state index contributed by atoms with van der Waals surface area (Å²) in [6.45, 7) is 14.8. The highest BCUT2D eigenvalue weighted by atomic mass is 16.5. The maximum atomic E-state index is 5.85. The van der Waals surface area contributed by atoms with Crippen molar-refractivity contribution in [3.63, 3.8) is 0 Å². The predicted molar refractivity (Wildman–Crippen MR) is 65.3 cm³/mol. The maximum absolute atomic E-state index is 5.85. The molecule has 0 aromatic rings. The van der Waals surface area contributed by atoms with E-state index < -0.39 is 0 Å². The topological polar surface area (TPSA) is 21.6 Å². The van der Waals surface area contributed by atoms with Gasteiger partial charge < -0.3 is 4.74 Å².